The Morgan fingerprint density at radius 1 is 1.67 bits per heavy atom. The zero-order valence-electron chi connectivity index (χ0n) is 11.1. The summed E-state index contributed by atoms with van der Waals surface area (Å²) >= 11 is 0. The predicted octanol–water partition coefficient (Wildman–Crippen LogP) is 1.29. The normalized spacial score (nSPS) is 11.9. The minimum Gasteiger partial charge on any atom is -0.480 e. The molecule has 0 aliphatic rings. The highest BCUT2D eigenvalue weighted by molar-refractivity contribution is 5.74. The number of hydrogen-bond acceptors (Lipinski definition) is 4. The first-order chi connectivity index (χ1) is 8.42. The second-order valence-corrected chi connectivity index (χ2v) is 4.30. The van der Waals surface area contributed by atoms with Gasteiger partial charge in [0.1, 0.15) is 24.0 Å². The van der Waals surface area contributed by atoms with E-state index in [2.05, 4.69) is 11.2 Å². The third-order valence-corrected chi connectivity index (χ3v) is 3.00. The average molecular weight is 250 g/mol. The molecule has 0 fully saturated rings. The van der Waals surface area contributed by atoms with Gasteiger partial charge in [-0.2, -0.15) is 10.4 Å². The van der Waals surface area contributed by atoms with Crippen molar-refractivity contribution in [3.63, 3.8) is 0 Å². The molecule has 98 valence electrons. The van der Waals surface area contributed by atoms with Gasteiger partial charge in [0.25, 0.3) is 0 Å². The van der Waals surface area contributed by atoms with Gasteiger partial charge < -0.3 is 10.0 Å². The van der Waals surface area contributed by atoms with Crippen molar-refractivity contribution < 1.29 is 9.90 Å². The molecule has 0 amide bonds. The van der Waals surface area contributed by atoms with E-state index in [4.69, 9.17) is 5.11 Å². The van der Waals surface area contributed by atoms with Crippen molar-refractivity contribution >= 4 is 11.8 Å². The van der Waals surface area contributed by atoms with Gasteiger partial charge in [-0.15, -0.1) is 0 Å². The number of carbonyl (C=O) groups is 1. The summed E-state index contributed by atoms with van der Waals surface area (Å²) < 4.78 is 1.57. The van der Waals surface area contributed by atoms with Gasteiger partial charge in [-0.3, -0.25) is 9.48 Å². The highest BCUT2D eigenvalue weighted by Gasteiger charge is 2.24. The number of nitrogens with zero attached hydrogens (tertiary/aromatic N) is 4. The zero-order valence-corrected chi connectivity index (χ0v) is 11.1. The molecule has 0 aliphatic carbocycles. The van der Waals surface area contributed by atoms with Gasteiger partial charge >= 0.3 is 5.97 Å². The third kappa shape index (κ3) is 2.62. The summed E-state index contributed by atoms with van der Waals surface area (Å²) in [5, 5.41) is 22.4. The maximum absolute atomic E-state index is 11.0. The van der Waals surface area contributed by atoms with Crippen molar-refractivity contribution in [2.45, 2.75) is 33.2 Å². The molecule has 0 bridgehead atoms. The summed E-state index contributed by atoms with van der Waals surface area (Å²) in [4.78, 5) is 12.7. The van der Waals surface area contributed by atoms with Gasteiger partial charge in [-0.05, 0) is 20.3 Å². The number of carboxylic acids is 1. The summed E-state index contributed by atoms with van der Waals surface area (Å²) in [6.45, 7) is 5.53. The van der Waals surface area contributed by atoms with Crippen molar-refractivity contribution in [2.24, 2.45) is 7.05 Å². The number of anilines is 1. The lowest BCUT2D eigenvalue weighted by Gasteiger charge is -2.29. The van der Waals surface area contributed by atoms with Gasteiger partial charge in [0.2, 0.25) is 0 Å². The van der Waals surface area contributed by atoms with Crippen LogP contribution in [0.4, 0.5) is 5.82 Å². The topological polar surface area (TPSA) is 82.2 Å². The Labute approximate surface area is 106 Å². The van der Waals surface area contributed by atoms with Gasteiger partial charge in [-0.1, -0.05) is 6.92 Å². The quantitative estimate of drug-likeness (QED) is 0.851. The molecular weight excluding hydrogens is 232 g/mol. The maximum atomic E-state index is 11.0. The second-order valence-electron chi connectivity index (χ2n) is 4.30. The Morgan fingerprint density at radius 3 is 2.72 bits per heavy atom. The molecule has 6 heteroatoms. The van der Waals surface area contributed by atoms with Gasteiger partial charge in [-0.25, -0.2) is 0 Å². The van der Waals surface area contributed by atoms with Crippen molar-refractivity contribution in [3.8, 4) is 6.07 Å². The van der Waals surface area contributed by atoms with Crippen LogP contribution in [0.2, 0.25) is 0 Å². The van der Waals surface area contributed by atoms with Crippen LogP contribution in [0.1, 0.15) is 31.5 Å². The Bertz CT molecular complexity index is 487. The predicted molar refractivity (Wildman–Crippen MR) is 67.4 cm³/mol. The van der Waals surface area contributed by atoms with Gasteiger partial charge in [0, 0.05) is 13.1 Å². The van der Waals surface area contributed by atoms with E-state index in [9.17, 15) is 10.1 Å². The van der Waals surface area contributed by atoms with Crippen molar-refractivity contribution in [3.05, 3.63) is 11.3 Å². The second kappa shape index (κ2) is 5.54. The lowest BCUT2D eigenvalue weighted by molar-refractivity contribution is -0.135. The fourth-order valence-electron chi connectivity index (χ4n) is 1.91. The molecule has 6 nitrogen and oxygen atoms in total. The van der Waals surface area contributed by atoms with E-state index in [0.717, 1.165) is 6.42 Å². The molecule has 18 heavy (non-hydrogen) atoms. The van der Waals surface area contributed by atoms with Gasteiger partial charge in [0.15, 0.2) is 0 Å². The van der Waals surface area contributed by atoms with E-state index in [1.807, 2.05) is 13.8 Å². The van der Waals surface area contributed by atoms with Crippen molar-refractivity contribution in [1.82, 2.24) is 9.78 Å². The fourth-order valence-corrected chi connectivity index (χ4v) is 1.91. The van der Waals surface area contributed by atoms with E-state index >= 15 is 0 Å². The Hall–Kier alpha value is -2.03. The molecule has 0 spiro atoms. The summed E-state index contributed by atoms with van der Waals surface area (Å²) in [5.74, 6) is -0.343. The number of aryl methyl sites for hydroxylation is 2. The third-order valence-electron chi connectivity index (χ3n) is 3.00. The molecule has 1 atom stereocenters. The largest absolute Gasteiger partial charge is 0.480 e. The number of carboxylic acid groups (broad SMARTS) is 1. The van der Waals surface area contributed by atoms with Crippen LogP contribution in [0.25, 0.3) is 0 Å². The van der Waals surface area contributed by atoms with Crippen LogP contribution >= 0.6 is 0 Å². The first-order valence-electron chi connectivity index (χ1n) is 5.84. The molecule has 0 saturated carbocycles. The standard InChI is InChI=1S/C12H18N4O2/c1-5-8(2)16(7-11(17)18)12-10(6-13)9(3)14-15(12)4/h8H,5,7H2,1-4H3,(H,17,18). The van der Waals surface area contributed by atoms with Crippen LogP contribution in [0.3, 0.4) is 0 Å². The Kier molecular flexibility index (Phi) is 4.32. The van der Waals surface area contributed by atoms with Crippen LogP contribution < -0.4 is 4.90 Å². The molecular formula is C12H18N4O2. The van der Waals surface area contributed by atoms with Crippen LogP contribution in [-0.4, -0.2) is 33.4 Å². The van der Waals surface area contributed by atoms with Crippen LogP contribution in [0.15, 0.2) is 0 Å². The zero-order chi connectivity index (χ0) is 13.9. The summed E-state index contributed by atoms with van der Waals surface area (Å²) in [7, 11) is 1.72. The number of aromatic nitrogens is 2. The SMILES string of the molecule is CCC(C)N(CC(=O)O)c1c(C#N)c(C)nn1C. The molecule has 1 heterocycles. The number of aliphatic carboxylic acids is 1. The molecule has 0 aliphatic heterocycles. The molecule has 1 unspecified atom stereocenters. The minimum atomic E-state index is -0.918. The lowest BCUT2D eigenvalue weighted by atomic mass is 10.2. The smallest absolute Gasteiger partial charge is 0.323 e. The summed E-state index contributed by atoms with van der Waals surface area (Å²) in [6, 6.07) is 2.13. The van der Waals surface area contributed by atoms with Gasteiger partial charge in [0.05, 0.1) is 5.69 Å². The first kappa shape index (κ1) is 14.0. The van der Waals surface area contributed by atoms with Crippen LogP contribution in [0, 0.1) is 18.3 Å². The average Bonchev–Trinajstić information content (AvgIpc) is 2.59. The van der Waals surface area contributed by atoms with Crippen molar-refractivity contribution in [2.75, 3.05) is 11.4 Å². The molecule has 1 rings (SSSR count). The first-order valence-corrected chi connectivity index (χ1v) is 5.84. The Morgan fingerprint density at radius 2 is 2.28 bits per heavy atom. The fraction of sp³-hybridized carbons (Fsp3) is 0.583. The van der Waals surface area contributed by atoms with E-state index < -0.39 is 5.97 Å². The van der Waals surface area contributed by atoms with E-state index in [1.54, 1.807) is 23.6 Å². The number of rotatable bonds is 5. The Balaban J connectivity index is 3.29. The highest BCUT2D eigenvalue weighted by Crippen LogP contribution is 2.24. The number of hydrogen-bond donors (Lipinski definition) is 1. The van der Waals surface area contributed by atoms with Crippen LogP contribution in [0.5, 0.6) is 0 Å². The molecule has 1 N–H and O–H groups in total. The monoisotopic (exact) mass is 250 g/mol. The molecule has 0 radical (unpaired) electrons. The van der Waals surface area contributed by atoms with Crippen LogP contribution in [-0.2, 0) is 11.8 Å². The maximum Gasteiger partial charge on any atom is 0.323 e. The molecule has 0 saturated heterocycles. The minimum absolute atomic E-state index is 0.0306. The number of nitriles is 1. The van der Waals surface area contributed by atoms with Crippen molar-refractivity contribution in [1.29, 1.82) is 5.26 Å². The summed E-state index contributed by atoms with van der Waals surface area (Å²) in [6.07, 6.45) is 0.794. The highest BCUT2D eigenvalue weighted by atomic mass is 16.4. The van der Waals surface area contributed by atoms with E-state index in [1.165, 1.54) is 0 Å². The molecule has 1 aromatic rings. The summed E-state index contributed by atoms with van der Waals surface area (Å²) in [5.41, 5.74) is 1.06. The van der Waals surface area contributed by atoms with E-state index in [-0.39, 0.29) is 12.6 Å². The molecule has 1 aromatic heterocycles. The van der Waals surface area contributed by atoms with E-state index in [0.29, 0.717) is 17.1 Å². The lowest BCUT2D eigenvalue weighted by Crippen LogP contribution is -2.38. The molecule has 0 aromatic carbocycles.